The van der Waals surface area contributed by atoms with E-state index in [0.717, 1.165) is 29.3 Å². The molecule has 1 heterocycles. The molecule has 3 rings (SSSR count). The lowest BCUT2D eigenvalue weighted by atomic mass is 9.80. The minimum Gasteiger partial charge on any atom is -0.441 e. The monoisotopic (exact) mass is 244 g/mol. The first-order chi connectivity index (χ1) is 8.85. The van der Waals surface area contributed by atoms with Crippen LogP contribution in [0, 0.1) is 5.92 Å². The summed E-state index contributed by atoms with van der Waals surface area (Å²) in [6.45, 7) is 0. The maximum absolute atomic E-state index is 5.78. The van der Waals surface area contributed by atoms with E-state index in [0.29, 0.717) is 6.04 Å². The van der Waals surface area contributed by atoms with Gasteiger partial charge in [0.15, 0.2) is 11.5 Å². The van der Waals surface area contributed by atoms with Gasteiger partial charge in [0.2, 0.25) is 0 Å². The normalized spacial score (nSPS) is 17.8. The molecule has 0 saturated heterocycles. The Bertz CT molecular complexity index is 483. The van der Waals surface area contributed by atoms with Crippen molar-refractivity contribution in [3.63, 3.8) is 0 Å². The second kappa shape index (κ2) is 5.11. The number of nitrogens with one attached hydrogen (secondary N) is 1. The molecule has 18 heavy (non-hydrogen) atoms. The molecule has 0 radical (unpaired) electrons. The van der Waals surface area contributed by atoms with E-state index >= 15 is 0 Å². The first-order valence-corrected chi connectivity index (χ1v) is 6.87. The molecular weight excluding hydrogens is 224 g/mol. The second-order valence-electron chi connectivity index (χ2n) is 5.30. The number of oxazole rings is 1. The van der Waals surface area contributed by atoms with Crippen LogP contribution in [0.25, 0.3) is 11.1 Å². The Balaban J connectivity index is 1.69. The van der Waals surface area contributed by atoms with Crippen LogP contribution in [0.4, 0.5) is 0 Å². The van der Waals surface area contributed by atoms with Crippen molar-refractivity contribution in [2.24, 2.45) is 5.92 Å². The van der Waals surface area contributed by atoms with Gasteiger partial charge in [-0.05, 0) is 31.5 Å². The predicted molar refractivity (Wildman–Crippen MR) is 72.5 cm³/mol. The molecule has 0 bridgehead atoms. The standard InChI is InChI=1S/C15H20N2O/c1-16-12(9-11-5-4-6-11)10-15-17-13-7-2-3-8-14(13)18-15/h2-3,7-8,11-12,16H,4-6,9-10H2,1H3. The molecule has 1 fully saturated rings. The fourth-order valence-corrected chi connectivity index (χ4v) is 2.65. The van der Waals surface area contributed by atoms with Crippen molar-refractivity contribution in [2.45, 2.75) is 38.1 Å². The Morgan fingerprint density at radius 2 is 2.22 bits per heavy atom. The van der Waals surface area contributed by atoms with Crippen LogP contribution in [0.1, 0.15) is 31.6 Å². The fraction of sp³-hybridized carbons (Fsp3) is 0.533. The van der Waals surface area contributed by atoms with Gasteiger partial charge >= 0.3 is 0 Å². The smallest absolute Gasteiger partial charge is 0.197 e. The van der Waals surface area contributed by atoms with Crippen LogP contribution in [0.3, 0.4) is 0 Å². The van der Waals surface area contributed by atoms with Gasteiger partial charge in [0.25, 0.3) is 0 Å². The lowest BCUT2D eigenvalue weighted by Gasteiger charge is -2.29. The summed E-state index contributed by atoms with van der Waals surface area (Å²) >= 11 is 0. The summed E-state index contributed by atoms with van der Waals surface area (Å²) in [6, 6.07) is 8.46. The van der Waals surface area contributed by atoms with Crippen LogP contribution in [0.15, 0.2) is 28.7 Å². The number of fused-ring (bicyclic) bond motifs is 1. The van der Waals surface area contributed by atoms with E-state index in [1.807, 2.05) is 31.3 Å². The summed E-state index contributed by atoms with van der Waals surface area (Å²) in [6.07, 6.45) is 6.33. The molecule has 1 N–H and O–H groups in total. The zero-order valence-corrected chi connectivity index (χ0v) is 10.9. The van der Waals surface area contributed by atoms with E-state index in [1.54, 1.807) is 0 Å². The van der Waals surface area contributed by atoms with E-state index in [2.05, 4.69) is 10.3 Å². The average molecular weight is 244 g/mol. The number of hydrogen-bond donors (Lipinski definition) is 1. The van der Waals surface area contributed by atoms with Crippen molar-refractivity contribution in [2.75, 3.05) is 7.05 Å². The molecular formula is C15H20N2O. The Kier molecular flexibility index (Phi) is 3.33. The van der Waals surface area contributed by atoms with Crippen molar-refractivity contribution < 1.29 is 4.42 Å². The molecule has 1 saturated carbocycles. The van der Waals surface area contributed by atoms with Gasteiger partial charge in [-0.1, -0.05) is 31.4 Å². The molecule has 0 spiro atoms. The molecule has 1 aromatic carbocycles. The van der Waals surface area contributed by atoms with Crippen LogP contribution >= 0.6 is 0 Å². The number of aromatic nitrogens is 1. The number of rotatable bonds is 5. The lowest BCUT2D eigenvalue weighted by molar-refractivity contribution is 0.259. The second-order valence-corrected chi connectivity index (χ2v) is 5.30. The van der Waals surface area contributed by atoms with Gasteiger partial charge in [-0.15, -0.1) is 0 Å². The first-order valence-electron chi connectivity index (χ1n) is 6.87. The van der Waals surface area contributed by atoms with E-state index in [9.17, 15) is 0 Å². The molecule has 1 aliphatic carbocycles. The molecule has 2 aromatic rings. The summed E-state index contributed by atoms with van der Waals surface area (Å²) in [5.41, 5.74) is 1.86. The maximum atomic E-state index is 5.78. The van der Waals surface area contributed by atoms with Crippen LogP contribution < -0.4 is 5.32 Å². The Hall–Kier alpha value is -1.35. The number of benzene rings is 1. The maximum Gasteiger partial charge on any atom is 0.197 e. The van der Waals surface area contributed by atoms with E-state index in [-0.39, 0.29) is 0 Å². The Morgan fingerprint density at radius 1 is 1.39 bits per heavy atom. The molecule has 96 valence electrons. The molecule has 1 aromatic heterocycles. The van der Waals surface area contributed by atoms with Crippen molar-refractivity contribution in [1.29, 1.82) is 0 Å². The third kappa shape index (κ3) is 2.41. The van der Waals surface area contributed by atoms with E-state index in [4.69, 9.17) is 4.42 Å². The molecule has 1 aliphatic rings. The third-order valence-corrected chi connectivity index (χ3v) is 4.01. The van der Waals surface area contributed by atoms with Crippen molar-refractivity contribution in [1.82, 2.24) is 10.3 Å². The molecule has 0 aliphatic heterocycles. The summed E-state index contributed by atoms with van der Waals surface area (Å²) in [5, 5.41) is 3.39. The highest BCUT2D eigenvalue weighted by atomic mass is 16.3. The van der Waals surface area contributed by atoms with Gasteiger partial charge in [0.05, 0.1) is 0 Å². The molecule has 3 heteroatoms. The van der Waals surface area contributed by atoms with Gasteiger partial charge in [-0.3, -0.25) is 0 Å². The highest BCUT2D eigenvalue weighted by molar-refractivity contribution is 5.72. The van der Waals surface area contributed by atoms with E-state index < -0.39 is 0 Å². The van der Waals surface area contributed by atoms with Crippen molar-refractivity contribution in [3.05, 3.63) is 30.2 Å². The topological polar surface area (TPSA) is 38.1 Å². The Morgan fingerprint density at radius 3 is 2.89 bits per heavy atom. The first kappa shape index (κ1) is 11.7. The average Bonchev–Trinajstić information content (AvgIpc) is 2.74. The number of likely N-dealkylation sites (N-methyl/N-ethyl adjacent to an activating group) is 1. The van der Waals surface area contributed by atoms with Gasteiger partial charge in [0, 0.05) is 12.5 Å². The van der Waals surface area contributed by atoms with Crippen LogP contribution in [0.5, 0.6) is 0 Å². The highest BCUT2D eigenvalue weighted by Crippen LogP contribution is 2.31. The van der Waals surface area contributed by atoms with Crippen molar-refractivity contribution in [3.8, 4) is 0 Å². The van der Waals surface area contributed by atoms with Crippen LogP contribution in [-0.4, -0.2) is 18.1 Å². The van der Waals surface area contributed by atoms with Gasteiger partial charge in [-0.2, -0.15) is 0 Å². The Labute approximate surface area is 108 Å². The molecule has 3 nitrogen and oxygen atoms in total. The molecule has 1 unspecified atom stereocenters. The largest absolute Gasteiger partial charge is 0.441 e. The van der Waals surface area contributed by atoms with Crippen LogP contribution in [-0.2, 0) is 6.42 Å². The summed E-state index contributed by atoms with van der Waals surface area (Å²) in [4.78, 5) is 4.54. The third-order valence-electron chi connectivity index (χ3n) is 4.01. The summed E-state index contributed by atoms with van der Waals surface area (Å²) in [7, 11) is 2.03. The van der Waals surface area contributed by atoms with Gasteiger partial charge in [-0.25, -0.2) is 4.98 Å². The number of hydrogen-bond acceptors (Lipinski definition) is 3. The molecule has 0 amide bonds. The summed E-state index contributed by atoms with van der Waals surface area (Å²) < 4.78 is 5.78. The minimum atomic E-state index is 0.489. The lowest BCUT2D eigenvalue weighted by Crippen LogP contribution is -2.32. The fourth-order valence-electron chi connectivity index (χ4n) is 2.65. The quantitative estimate of drug-likeness (QED) is 0.878. The van der Waals surface area contributed by atoms with Crippen molar-refractivity contribution >= 4 is 11.1 Å². The van der Waals surface area contributed by atoms with Gasteiger partial charge in [0.1, 0.15) is 5.52 Å². The zero-order chi connectivity index (χ0) is 12.4. The minimum absolute atomic E-state index is 0.489. The SMILES string of the molecule is CNC(Cc1nc2ccccc2o1)CC1CCC1. The van der Waals surface area contributed by atoms with Crippen LogP contribution in [0.2, 0.25) is 0 Å². The number of para-hydroxylation sites is 2. The number of nitrogens with zero attached hydrogens (tertiary/aromatic N) is 1. The predicted octanol–water partition coefficient (Wildman–Crippen LogP) is 3.15. The molecule has 1 atom stereocenters. The van der Waals surface area contributed by atoms with Gasteiger partial charge < -0.3 is 9.73 Å². The van der Waals surface area contributed by atoms with E-state index in [1.165, 1.54) is 25.7 Å². The summed E-state index contributed by atoms with van der Waals surface area (Å²) in [5.74, 6) is 1.77. The zero-order valence-electron chi connectivity index (χ0n) is 10.9. The highest BCUT2D eigenvalue weighted by Gasteiger charge is 2.22.